The fourth-order valence-corrected chi connectivity index (χ4v) is 3.43. The number of anilines is 1. The maximum Gasteiger partial charge on any atom is 0.273 e. The Kier molecular flexibility index (Phi) is 4.38. The van der Waals surface area contributed by atoms with Gasteiger partial charge in [0.1, 0.15) is 0 Å². The summed E-state index contributed by atoms with van der Waals surface area (Å²) in [5, 5.41) is 22.2. The van der Waals surface area contributed by atoms with Crippen LogP contribution in [0.25, 0.3) is 11.4 Å². The first-order valence-electron chi connectivity index (χ1n) is 7.38. The summed E-state index contributed by atoms with van der Waals surface area (Å²) in [7, 11) is -2.33. The van der Waals surface area contributed by atoms with Gasteiger partial charge in [0.15, 0.2) is 5.82 Å². The van der Waals surface area contributed by atoms with Crippen LogP contribution in [0.5, 0.6) is 0 Å². The Morgan fingerprint density at radius 2 is 1.96 bits per heavy atom. The molecule has 2 aromatic carbocycles. The number of aryl methyl sites for hydroxylation is 2. The first kappa shape index (κ1) is 17.5. The average molecular weight is 374 g/mol. The number of nitro benzene ring substituents is 1. The molecule has 0 spiro atoms. The fraction of sp³-hybridized carbons (Fsp3) is 0.133. The van der Waals surface area contributed by atoms with Crippen molar-refractivity contribution < 1.29 is 13.3 Å². The van der Waals surface area contributed by atoms with Gasteiger partial charge in [0.25, 0.3) is 15.7 Å². The first-order chi connectivity index (χ1) is 12.3. The lowest BCUT2D eigenvalue weighted by Gasteiger charge is -2.10. The minimum absolute atomic E-state index is 0.194. The van der Waals surface area contributed by atoms with Crippen LogP contribution < -0.4 is 4.72 Å². The number of sulfonamides is 1. The van der Waals surface area contributed by atoms with E-state index in [2.05, 4.69) is 20.2 Å². The van der Waals surface area contributed by atoms with Crippen molar-refractivity contribution in [2.75, 3.05) is 4.72 Å². The predicted octanol–water partition coefficient (Wildman–Crippen LogP) is 1.89. The zero-order valence-electron chi connectivity index (χ0n) is 13.8. The van der Waals surface area contributed by atoms with Crippen LogP contribution in [0.2, 0.25) is 0 Å². The van der Waals surface area contributed by atoms with Crippen LogP contribution in [-0.4, -0.2) is 33.5 Å². The number of aromatic nitrogens is 4. The smallest absolute Gasteiger partial charge is 0.273 e. The van der Waals surface area contributed by atoms with Crippen LogP contribution in [0.3, 0.4) is 0 Å². The highest BCUT2D eigenvalue weighted by Crippen LogP contribution is 2.25. The number of tetrazole rings is 1. The van der Waals surface area contributed by atoms with Crippen LogP contribution in [-0.2, 0) is 17.1 Å². The van der Waals surface area contributed by atoms with Gasteiger partial charge in [0, 0.05) is 29.9 Å². The molecule has 11 heteroatoms. The second-order valence-electron chi connectivity index (χ2n) is 5.52. The molecule has 0 unspecified atom stereocenters. The molecular formula is C15H14N6O4S. The first-order valence-corrected chi connectivity index (χ1v) is 8.87. The Balaban J connectivity index is 1.95. The van der Waals surface area contributed by atoms with Crippen molar-refractivity contribution >= 4 is 21.4 Å². The van der Waals surface area contributed by atoms with Crippen LogP contribution >= 0.6 is 0 Å². The molecule has 0 aliphatic carbocycles. The van der Waals surface area contributed by atoms with Gasteiger partial charge in [-0.25, -0.2) is 13.1 Å². The van der Waals surface area contributed by atoms with E-state index < -0.39 is 14.9 Å². The van der Waals surface area contributed by atoms with E-state index in [-0.39, 0.29) is 16.3 Å². The van der Waals surface area contributed by atoms with Gasteiger partial charge in [-0.15, -0.1) is 5.10 Å². The summed E-state index contributed by atoms with van der Waals surface area (Å²) in [6, 6.07) is 10.3. The number of benzene rings is 2. The molecule has 0 radical (unpaired) electrons. The van der Waals surface area contributed by atoms with Crippen molar-refractivity contribution in [1.29, 1.82) is 0 Å². The topological polar surface area (TPSA) is 133 Å². The monoisotopic (exact) mass is 374 g/mol. The molecule has 26 heavy (non-hydrogen) atoms. The minimum atomic E-state index is -3.99. The van der Waals surface area contributed by atoms with E-state index in [9.17, 15) is 18.5 Å². The third-order valence-corrected chi connectivity index (χ3v) is 5.06. The van der Waals surface area contributed by atoms with E-state index in [0.29, 0.717) is 17.0 Å². The summed E-state index contributed by atoms with van der Waals surface area (Å²) >= 11 is 0. The van der Waals surface area contributed by atoms with Gasteiger partial charge in [-0.3, -0.25) is 14.8 Å². The van der Waals surface area contributed by atoms with Gasteiger partial charge in [0.05, 0.1) is 9.82 Å². The second-order valence-corrected chi connectivity index (χ2v) is 7.20. The third kappa shape index (κ3) is 3.37. The molecular weight excluding hydrogens is 360 g/mol. The molecule has 0 bridgehead atoms. The standard InChI is InChI=1S/C15H14N6O4S/c1-10-6-7-13(9-14(10)21(22)23)26(24,25)17-12-5-3-4-11(8-12)15-16-18-19-20(15)2/h3-9,17H,1-2H3. The summed E-state index contributed by atoms with van der Waals surface area (Å²) in [6.07, 6.45) is 0. The molecule has 0 atom stereocenters. The lowest BCUT2D eigenvalue weighted by molar-refractivity contribution is -0.385. The minimum Gasteiger partial charge on any atom is -0.280 e. The maximum atomic E-state index is 12.6. The Hall–Kier alpha value is -3.34. The van der Waals surface area contributed by atoms with E-state index in [1.54, 1.807) is 38.2 Å². The van der Waals surface area contributed by atoms with Crippen molar-refractivity contribution in [3.63, 3.8) is 0 Å². The normalized spacial score (nSPS) is 11.3. The molecule has 3 aromatic rings. The van der Waals surface area contributed by atoms with Crippen molar-refractivity contribution in [1.82, 2.24) is 20.2 Å². The number of nitrogens with one attached hydrogen (secondary N) is 1. The van der Waals surface area contributed by atoms with Gasteiger partial charge in [-0.1, -0.05) is 18.2 Å². The second kappa shape index (κ2) is 6.52. The molecule has 10 nitrogen and oxygen atoms in total. The van der Waals surface area contributed by atoms with Crippen LogP contribution in [0, 0.1) is 17.0 Å². The molecule has 0 saturated heterocycles. The van der Waals surface area contributed by atoms with Crippen LogP contribution in [0.4, 0.5) is 11.4 Å². The summed E-state index contributed by atoms with van der Waals surface area (Å²) in [5.74, 6) is 0.469. The van der Waals surface area contributed by atoms with Crippen molar-refractivity contribution in [2.45, 2.75) is 11.8 Å². The number of nitrogens with zero attached hydrogens (tertiary/aromatic N) is 5. The zero-order valence-corrected chi connectivity index (χ0v) is 14.6. The van der Waals surface area contributed by atoms with E-state index in [1.807, 2.05) is 0 Å². The van der Waals surface area contributed by atoms with Gasteiger partial charge in [0.2, 0.25) is 0 Å². The van der Waals surface area contributed by atoms with Gasteiger partial charge >= 0.3 is 0 Å². The SMILES string of the molecule is Cc1ccc(S(=O)(=O)Nc2cccc(-c3nnnn3C)c2)cc1[N+](=O)[O-]. The van der Waals surface area contributed by atoms with Crippen LogP contribution in [0.15, 0.2) is 47.4 Å². The number of nitro groups is 1. The zero-order chi connectivity index (χ0) is 18.9. The Morgan fingerprint density at radius 1 is 1.19 bits per heavy atom. The molecule has 134 valence electrons. The molecule has 1 heterocycles. The highest BCUT2D eigenvalue weighted by molar-refractivity contribution is 7.92. The highest BCUT2D eigenvalue weighted by atomic mass is 32.2. The number of hydrogen-bond donors (Lipinski definition) is 1. The molecule has 1 aromatic heterocycles. The van der Waals surface area contributed by atoms with Gasteiger partial charge < -0.3 is 0 Å². The summed E-state index contributed by atoms with van der Waals surface area (Å²) in [4.78, 5) is 10.2. The molecule has 0 amide bonds. The predicted molar refractivity (Wildman–Crippen MR) is 92.9 cm³/mol. The van der Waals surface area contributed by atoms with Crippen LogP contribution in [0.1, 0.15) is 5.56 Å². The Labute approximate surface area is 148 Å². The largest absolute Gasteiger partial charge is 0.280 e. The number of rotatable bonds is 5. The summed E-state index contributed by atoms with van der Waals surface area (Å²) < 4.78 is 29.0. The maximum absolute atomic E-state index is 12.6. The Bertz CT molecular complexity index is 1090. The van der Waals surface area contributed by atoms with Gasteiger partial charge in [-0.05, 0) is 35.5 Å². The van der Waals surface area contributed by atoms with E-state index in [1.165, 1.54) is 16.8 Å². The lowest BCUT2D eigenvalue weighted by atomic mass is 10.2. The van der Waals surface area contributed by atoms with Crippen molar-refractivity contribution in [3.8, 4) is 11.4 Å². The molecule has 1 N–H and O–H groups in total. The van der Waals surface area contributed by atoms with Crippen molar-refractivity contribution in [2.24, 2.45) is 7.05 Å². The summed E-state index contributed by atoms with van der Waals surface area (Å²) in [5.41, 5.74) is 1.03. The highest BCUT2D eigenvalue weighted by Gasteiger charge is 2.20. The number of hydrogen-bond acceptors (Lipinski definition) is 7. The molecule has 0 saturated carbocycles. The van der Waals surface area contributed by atoms with E-state index in [0.717, 1.165) is 6.07 Å². The van der Waals surface area contributed by atoms with Gasteiger partial charge in [-0.2, -0.15) is 0 Å². The van der Waals surface area contributed by atoms with Crippen molar-refractivity contribution in [3.05, 3.63) is 58.1 Å². The van der Waals surface area contributed by atoms with E-state index in [4.69, 9.17) is 0 Å². The Morgan fingerprint density at radius 3 is 2.62 bits per heavy atom. The molecule has 0 aliphatic rings. The van der Waals surface area contributed by atoms with E-state index >= 15 is 0 Å². The fourth-order valence-electron chi connectivity index (χ4n) is 2.36. The molecule has 0 aliphatic heterocycles. The summed E-state index contributed by atoms with van der Waals surface area (Å²) in [6.45, 7) is 1.54. The lowest BCUT2D eigenvalue weighted by Crippen LogP contribution is -2.13. The molecule has 0 fully saturated rings. The third-order valence-electron chi connectivity index (χ3n) is 3.68. The average Bonchev–Trinajstić information content (AvgIpc) is 3.00. The molecule has 3 rings (SSSR count). The quantitative estimate of drug-likeness (QED) is 0.532.